The molecular formula is C20H22O6. The summed E-state index contributed by atoms with van der Waals surface area (Å²) in [6, 6.07) is 13.1. The van der Waals surface area contributed by atoms with Gasteiger partial charge in [-0.05, 0) is 42.8 Å². The van der Waals surface area contributed by atoms with Crippen molar-refractivity contribution < 1.29 is 28.5 Å². The largest absolute Gasteiger partial charge is 0.493 e. The average Bonchev–Trinajstić information content (AvgIpc) is 2.67. The molecule has 26 heavy (non-hydrogen) atoms. The molecule has 0 saturated heterocycles. The highest BCUT2D eigenvalue weighted by molar-refractivity contribution is 5.94. The molecule has 0 atom stereocenters. The molecule has 0 fully saturated rings. The number of hydrogen-bond donors (Lipinski definition) is 0. The first-order valence-corrected chi connectivity index (χ1v) is 8.35. The van der Waals surface area contributed by atoms with E-state index in [1.807, 2.05) is 6.92 Å². The van der Waals surface area contributed by atoms with Crippen molar-refractivity contribution in [3.63, 3.8) is 0 Å². The molecule has 0 unspecified atom stereocenters. The lowest BCUT2D eigenvalue weighted by Gasteiger charge is -2.10. The Hall–Kier alpha value is -2.86. The predicted octanol–water partition coefficient (Wildman–Crippen LogP) is 3.50. The fourth-order valence-electron chi connectivity index (χ4n) is 2.10. The van der Waals surface area contributed by atoms with Gasteiger partial charge in [-0.2, -0.15) is 0 Å². The third kappa shape index (κ3) is 5.60. The number of hydrogen-bond acceptors (Lipinski definition) is 6. The molecule has 2 aromatic rings. The molecule has 0 spiro atoms. The molecule has 0 aliphatic rings. The molecule has 138 valence electrons. The van der Waals surface area contributed by atoms with Crippen molar-refractivity contribution in [2.75, 3.05) is 26.9 Å². The molecule has 0 bridgehead atoms. The molecule has 0 amide bonds. The van der Waals surface area contributed by atoms with E-state index in [0.29, 0.717) is 35.8 Å². The van der Waals surface area contributed by atoms with Crippen LogP contribution in [0.4, 0.5) is 0 Å². The smallest absolute Gasteiger partial charge is 0.347 e. The molecule has 0 N–H and O–H groups in total. The Bertz CT molecular complexity index is 723. The van der Waals surface area contributed by atoms with Crippen LogP contribution in [0.25, 0.3) is 0 Å². The van der Waals surface area contributed by atoms with Crippen LogP contribution in [0.2, 0.25) is 0 Å². The number of methoxy groups -OCH3 is 1. The second-order valence-electron chi connectivity index (χ2n) is 5.39. The zero-order valence-corrected chi connectivity index (χ0v) is 14.9. The predicted molar refractivity (Wildman–Crippen MR) is 95.8 cm³/mol. The molecule has 6 heteroatoms. The van der Waals surface area contributed by atoms with Crippen LogP contribution >= 0.6 is 0 Å². The second-order valence-corrected chi connectivity index (χ2v) is 5.39. The van der Waals surface area contributed by atoms with Crippen LogP contribution < -0.4 is 9.47 Å². The van der Waals surface area contributed by atoms with Crippen LogP contribution in [0.3, 0.4) is 0 Å². The van der Waals surface area contributed by atoms with Gasteiger partial charge in [-0.25, -0.2) is 9.59 Å². The Kier molecular flexibility index (Phi) is 7.64. The Morgan fingerprint density at radius 3 is 2.31 bits per heavy atom. The summed E-state index contributed by atoms with van der Waals surface area (Å²) in [7, 11) is 1.53. The first kappa shape index (κ1) is 19.5. The molecule has 2 rings (SSSR count). The van der Waals surface area contributed by atoms with Crippen molar-refractivity contribution in [2.45, 2.75) is 13.3 Å². The third-order valence-electron chi connectivity index (χ3n) is 3.39. The maximum absolute atomic E-state index is 12.4. The lowest BCUT2D eigenvalue weighted by Crippen LogP contribution is -2.12. The van der Waals surface area contributed by atoms with Crippen molar-refractivity contribution in [3.8, 4) is 11.5 Å². The van der Waals surface area contributed by atoms with E-state index in [1.165, 1.54) is 19.2 Å². The summed E-state index contributed by atoms with van der Waals surface area (Å²) in [4.78, 5) is 24.2. The fourth-order valence-corrected chi connectivity index (χ4v) is 2.10. The zero-order chi connectivity index (χ0) is 18.8. The van der Waals surface area contributed by atoms with Gasteiger partial charge in [0.25, 0.3) is 0 Å². The third-order valence-corrected chi connectivity index (χ3v) is 3.39. The zero-order valence-electron chi connectivity index (χ0n) is 14.9. The summed E-state index contributed by atoms with van der Waals surface area (Å²) >= 11 is 0. The van der Waals surface area contributed by atoms with Gasteiger partial charge in [0.2, 0.25) is 0 Å². The van der Waals surface area contributed by atoms with Crippen molar-refractivity contribution in [1.82, 2.24) is 0 Å². The highest BCUT2D eigenvalue weighted by Crippen LogP contribution is 2.21. The van der Waals surface area contributed by atoms with Crippen molar-refractivity contribution in [2.24, 2.45) is 0 Å². The Morgan fingerprint density at radius 1 is 0.885 bits per heavy atom. The number of benzene rings is 2. The highest BCUT2D eigenvalue weighted by atomic mass is 16.6. The first-order valence-electron chi connectivity index (χ1n) is 8.35. The summed E-state index contributed by atoms with van der Waals surface area (Å²) in [6.07, 6.45) is 0.839. The minimum absolute atomic E-state index is 0.181. The highest BCUT2D eigenvalue weighted by Gasteiger charge is 2.15. The van der Waals surface area contributed by atoms with E-state index in [4.69, 9.17) is 18.9 Å². The number of para-hydroxylation sites is 1. The molecule has 6 nitrogen and oxygen atoms in total. The first-order chi connectivity index (χ1) is 12.7. The Balaban J connectivity index is 2.00. The summed E-state index contributed by atoms with van der Waals surface area (Å²) in [5.41, 5.74) is 0.719. The summed E-state index contributed by atoms with van der Waals surface area (Å²) in [6.45, 7) is 3.02. The Labute approximate surface area is 152 Å². The van der Waals surface area contributed by atoms with E-state index in [0.717, 1.165) is 6.42 Å². The molecule has 0 heterocycles. The maximum atomic E-state index is 12.4. The van der Waals surface area contributed by atoms with Crippen LogP contribution in [0, 0.1) is 0 Å². The molecule has 0 aliphatic carbocycles. The standard InChI is InChI=1S/C20H22O6/c1-3-12-24-18-7-5-4-6-17(18)20(22)26-16-10-8-15(9-11-16)19(21)25-14-13-23-2/h4-11H,3,12-14H2,1-2H3. The van der Waals surface area contributed by atoms with E-state index in [2.05, 4.69) is 0 Å². The normalized spacial score (nSPS) is 10.2. The number of carbonyl (C=O) groups is 2. The van der Waals surface area contributed by atoms with E-state index < -0.39 is 11.9 Å². The molecule has 0 radical (unpaired) electrons. The monoisotopic (exact) mass is 358 g/mol. The van der Waals surface area contributed by atoms with E-state index in [1.54, 1.807) is 36.4 Å². The summed E-state index contributed by atoms with van der Waals surface area (Å²) in [5, 5.41) is 0. The van der Waals surface area contributed by atoms with Crippen LogP contribution in [-0.2, 0) is 9.47 Å². The van der Waals surface area contributed by atoms with Crippen LogP contribution in [-0.4, -0.2) is 38.9 Å². The maximum Gasteiger partial charge on any atom is 0.347 e. The van der Waals surface area contributed by atoms with Gasteiger partial charge in [-0.3, -0.25) is 0 Å². The molecule has 0 aromatic heterocycles. The van der Waals surface area contributed by atoms with Crippen molar-refractivity contribution in [3.05, 3.63) is 59.7 Å². The number of rotatable bonds is 9. The summed E-state index contributed by atoms with van der Waals surface area (Å²) in [5.74, 6) is -0.170. The number of carbonyl (C=O) groups excluding carboxylic acids is 2. The molecule has 0 aliphatic heterocycles. The molecule has 0 saturated carbocycles. The summed E-state index contributed by atoms with van der Waals surface area (Å²) < 4.78 is 20.8. The van der Waals surface area contributed by atoms with Crippen LogP contribution in [0.1, 0.15) is 34.1 Å². The van der Waals surface area contributed by atoms with Crippen molar-refractivity contribution >= 4 is 11.9 Å². The van der Waals surface area contributed by atoms with Gasteiger partial charge in [-0.1, -0.05) is 19.1 Å². The van der Waals surface area contributed by atoms with Gasteiger partial charge in [0.15, 0.2) is 0 Å². The van der Waals surface area contributed by atoms with Gasteiger partial charge >= 0.3 is 11.9 Å². The van der Waals surface area contributed by atoms with E-state index in [-0.39, 0.29) is 6.61 Å². The lowest BCUT2D eigenvalue weighted by atomic mass is 10.2. The van der Waals surface area contributed by atoms with Gasteiger partial charge < -0.3 is 18.9 Å². The topological polar surface area (TPSA) is 71.1 Å². The SMILES string of the molecule is CCCOc1ccccc1C(=O)Oc1ccc(C(=O)OCCOC)cc1. The minimum Gasteiger partial charge on any atom is -0.493 e. The number of esters is 2. The van der Waals surface area contributed by atoms with Crippen LogP contribution in [0.5, 0.6) is 11.5 Å². The van der Waals surface area contributed by atoms with Gasteiger partial charge in [0, 0.05) is 7.11 Å². The van der Waals surface area contributed by atoms with Gasteiger partial charge in [0.1, 0.15) is 23.7 Å². The average molecular weight is 358 g/mol. The minimum atomic E-state index is -0.521. The molecule has 2 aromatic carbocycles. The van der Waals surface area contributed by atoms with Crippen LogP contribution in [0.15, 0.2) is 48.5 Å². The number of ether oxygens (including phenoxy) is 4. The van der Waals surface area contributed by atoms with E-state index in [9.17, 15) is 9.59 Å². The Morgan fingerprint density at radius 2 is 1.62 bits per heavy atom. The quantitative estimate of drug-likeness (QED) is 0.388. The van der Waals surface area contributed by atoms with E-state index >= 15 is 0 Å². The van der Waals surface area contributed by atoms with Gasteiger partial charge in [-0.15, -0.1) is 0 Å². The lowest BCUT2D eigenvalue weighted by molar-refractivity contribution is 0.0388. The molecular weight excluding hydrogens is 336 g/mol. The van der Waals surface area contributed by atoms with Gasteiger partial charge in [0.05, 0.1) is 18.8 Å². The fraction of sp³-hybridized carbons (Fsp3) is 0.300. The van der Waals surface area contributed by atoms with Crippen molar-refractivity contribution in [1.29, 1.82) is 0 Å². The second kappa shape index (κ2) is 10.2.